The van der Waals surface area contributed by atoms with Crippen LogP contribution in [0, 0.1) is 6.92 Å². The van der Waals surface area contributed by atoms with Crippen molar-refractivity contribution in [1.82, 2.24) is 5.43 Å². The van der Waals surface area contributed by atoms with Crippen LogP contribution < -0.4 is 11.2 Å². The van der Waals surface area contributed by atoms with Gasteiger partial charge in [-0.15, -0.1) is 0 Å². The van der Waals surface area contributed by atoms with Gasteiger partial charge in [0.1, 0.15) is 5.76 Å². The predicted octanol–water partition coefficient (Wildman–Crippen LogP) is 1.47. The van der Waals surface area contributed by atoms with E-state index in [0.717, 1.165) is 18.4 Å². The van der Waals surface area contributed by atoms with Crippen molar-refractivity contribution < 1.29 is 18.7 Å². The third-order valence-corrected chi connectivity index (χ3v) is 3.11. The molecule has 2 rings (SSSR count). The van der Waals surface area contributed by atoms with Gasteiger partial charge in [0.15, 0.2) is 5.76 Å². The van der Waals surface area contributed by atoms with Gasteiger partial charge in [0.05, 0.1) is 12.3 Å². The summed E-state index contributed by atoms with van der Waals surface area (Å²) in [5, 5.41) is 4.06. The molecule has 0 saturated heterocycles. The molecule has 1 heterocycles. The molecule has 0 radical (unpaired) electrons. The smallest absolute Gasteiger partial charge is 0.427 e. The van der Waals surface area contributed by atoms with Crippen LogP contribution in [-0.4, -0.2) is 24.3 Å². The van der Waals surface area contributed by atoms with Crippen LogP contribution in [0.15, 0.2) is 9.52 Å². The number of rotatable bonds is 3. The summed E-state index contributed by atoms with van der Waals surface area (Å²) in [4.78, 5) is 22.6. The molecule has 0 aromatic carbocycles. The maximum atomic E-state index is 11.3. The number of hydrogen-bond acceptors (Lipinski definition) is 5. The SMILES string of the molecule is CCOC(=O)N/N=C1\CCCc2oc(C(N)=O)c(C)c21. The molecular formula is C13H17N3O4. The minimum absolute atomic E-state index is 0.153. The lowest BCUT2D eigenvalue weighted by Gasteiger charge is -2.13. The Kier molecular flexibility index (Phi) is 4.07. The lowest BCUT2D eigenvalue weighted by Crippen LogP contribution is -2.22. The number of hydrazone groups is 1. The highest BCUT2D eigenvalue weighted by Crippen LogP contribution is 2.29. The third kappa shape index (κ3) is 2.66. The van der Waals surface area contributed by atoms with Gasteiger partial charge in [-0.25, -0.2) is 10.2 Å². The van der Waals surface area contributed by atoms with Gasteiger partial charge in [0.2, 0.25) is 0 Å². The maximum Gasteiger partial charge on any atom is 0.427 e. The summed E-state index contributed by atoms with van der Waals surface area (Å²) in [6.45, 7) is 3.75. The zero-order chi connectivity index (χ0) is 14.7. The number of fused-ring (bicyclic) bond motifs is 1. The second kappa shape index (κ2) is 5.77. The number of ether oxygens (including phenoxy) is 1. The van der Waals surface area contributed by atoms with E-state index in [1.54, 1.807) is 13.8 Å². The largest absolute Gasteiger partial charge is 0.455 e. The molecule has 1 aliphatic carbocycles. The van der Waals surface area contributed by atoms with Crippen LogP contribution in [0.5, 0.6) is 0 Å². The molecule has 1 aliphatic rings. The second-order valence-corrected chi connectivity index (χ2v) is 4.46. The first-order chi connectivity index (χ1) is 9.54. The monoisotopic (exact) mass is 279 g/mol. The normalized spacial score (nSPS) is 15.8. The van der Waals surface area contributed by atoms with Crippen molar-refractivity contribution >= 4 is 17.7 Å². The molecule has 20 heavy (non-hydrogen) atoms. The highest BCUT2D eigenvalue weighted by molar-refractivity contribution is 6.06. The fourth-order valence-corrected chi connectivity index (χ4v) is 2.29. The number of nitrogens with zero attached hydrogens (tertiary/aromatic N) is 1. The summed E-state index contributed by atoms with van der Waals surface area (Å²) in [6.07, 6.45) is 1.64. The summed E-state index contributed by atoms with van der Waals surface area (Å²) in [6, 6.07) is 0. The van der Waals surface area contributed by atoms with Crippen molar-refractivity contribution in [1.29, 1.82) is 0 Å². The molecule has 1 aromatic rings. The van der Waals surface area contributed by atoms with Crippen LogP contribution in [0.25, 0.3) is 0 Å². The lowest BCUT2D eigenvalue weighted by molar-refractivity contribution is 0.0971. The Morgan fingerprint density at radius 2 is 2.20 bits per heavy atom. The first-order valence-electron chi connectivity index (χ1n) is 6.46. The number of nitrogens with one attached hydrogen (secondary N) is 1. The van der Waals surface area contributed by atoms with Gasteiger partial charge < -0.3 is 14.9 Å². The van der Waals surface area contributed by atoms with Crippen LogP contribution in [0.4, 0.5) is 4.79 Å². The van der Waals surface area contributed by atoms with Crippen molar-refractivity contribution in [2.24, 2.45) is 10.8 Å². The summed E-state index contributed by atoms with van der Waals surface area (Å²) in [5.41, 5.74) is 9.70. The van der Waals surface area contributed by atoms with E-state index in [0.29, 0.717) is 23.5 Å². The number of carbonyl (C=O) groups is 2. The molecule has 0 spiro atoms. The van der Waals surface area contributed by atoms with Crippen LogP contribution in [0.1, 0.15) is 47.2 Å². The fourth-order valence-electron chi connectivity index (χ4n) is 2.29. The second-order valence-electron chi connectivity index (χ2n) is 4.46. The molecule has 0 saturated carbocycles. The minimum Gasteiger partial charge on any atom is -0.455 e. The standard InChI is InChI=1S/C13H17N3O4/c1-3-19-13(18)16-15-8-5-4-6-9-10(8)7(2)11(20-9)12(14)17/h3-6H2,1-2H3,(H2,14,17)(H,16,18)/b15-8+. The summed E-state index contributed by atoms with van der Waals surface area (Å²) < 4.78 is 10.2. The topological polar surface area (TPSA) is 107 Å². The molecule has 0 fully saturated rings. The number of amides is 2. The summed E-state index contributed by atoms with van der Waals surface area (Å²) >= 11 is 0. The Morgan fingerprint density at radius 3 is 2.85 bits per heavy atom. The quantitative estimate of drug-likeness (QED) is 0.817. The summed E-state index contributed by atoms with van der Waals surface area (Å²) in [7, 11) is 0. The van der Waals surface area contributed by atoms with Crippen LogP contribution in [0.3, 0.4) is 0 Å². The Bertz CT molecular complexity index is 574. The number of furan rings is 1. The van der Waals surface area contributed by atoms with Gasteiger partial charge >= 0.3 is 6.09 Å². The molecule has 0 unspecified atom stereocenters. The molecule has 3 N–H and O–H groups in total. The van der Waals surface area contributed by atoms with Crippen molar-refractivity contribution in [2.75, 3.05) is 6.61 Å². The van der Waals surface area contributed by atoms with E-state index in [1.165, 1.54) is 0 Å². The number of aryl methyl sites for hydroxylation is 1. The van der Waals surface area contributed by atoms with Crippen LogP contribution in [0.2, 0.25) is 0 Å². The van der Waals surface area contributed by atoms with E-state index in [9.17, 15) is 9.59 Å². The van der Waals surface area contributed by atoms with Crippen molar-refractivity contribution in [3.8, 4) is 0 Å². The Hall–Kier alpha value is -2.31. The molecular weight excluding hydrogens is 262 g/mol. The molecule has 1 aromatic heterocycles. The van der Waals surface area contributed by atoms with Gasteiger partial charge in [0, 0.05) is 17.5 Å². The number of nitrogens with two attached hydrogens (primary N) is 1. The number of hydrogen-bond donors (Lipinski definition) is 2. The molecule has 7 nitrogen and oxygen atoms in total. The number of primary amides is 1. The van der Waals surface area contributed by atoms with Gasteiger partial charge in [-0.1, -0.05) is 0 Å². The zero-order valence-corrected chi connectivity index (χ0v) is 11.5. The van der Waals surface area contributed by atoms with E-state index in [-0.39, 0.29) is 12.4 Å². The Morgan fingerprint density at radius 1 is 1.45 bits per heavy atom. The molecule has 108 valence electrons. The molecule has 7 heteroatoms. The van der Waals surface area contributed by atoms with Crippen LogP contribution in [-0.2, 0) is 11.2 Å². The van der Waals surface area contributed by atoms with Crippen molar-refractivity contribution in [2.45, 2.75) is 33.1 Å². The average Bonchev–Trinajstić information content (AvgIpc) is 2.75. The lowest BCUT2D eigenvalue weighted by atomic mass is 9.93. The van der Waals surface area contributed by atoms with E-state index in [2.05, 4.69) is 10.5 Å². The number of carbonyl (C=O) groups excluding carboxylic acids is 2. The van der Waals surface area contributed by atoms with Gasteiger partial charge in [-0.3, -0.25) is 4.79 Å². The van der Waals surface area contributed by atoms with E-state index >= 15 is 0 Å². The van der Waals surface area contributed by atoms with E-state index in [1.807, 2.05) is 0 Å². The van der Waals surface area contributed by atoms with Crippen LogP contribution >= 0.6 is 0 Å². The zero-order valence-electron chi connectivity index (χ0n) is 11.5. The van der Waals surface area contributed by atoms with E-state index in [4.69, 9.17) is 14.9 Å². The fraction of sp³-hybridized carbons (Fsp3) is 0.462. The Balaban J connectivity index is 2.30. The van der Waals surface area contributed by atoms with Crippen molar-refractivity contribution in [3.63, 3.8) is 0 Å². The highest BCUT2D eigenvalue weighted by Gasteiger charge is 2.27. The summed E-state index contributed by atoms with van der Waals surface area (Å²) in [5.74, 6) is 0.238. The first-order valence-corrected chi connectivity index (χ1v) is 6.46. The van der Waals surface area contributed by atoms with Gasteiger partial charge in [-0.05, 0) is 26.7 Å². The predicted molar refractivity (Wildman–Crippen MR) is 71.6 cm³/mol. The third-order valence-electron chi connectivity index (χ3n) is 3.11. The molecule has 0 aliphatic heterocycles. The van der Waals surface area contributed by atoms with Gasteiger partial charge in [0.25, 0.3) is 5.91 Å². The molecule has 0 bridgehead atoms. The highest BCUT2D eigenvalue weighted by atomic mass is 16.5. The molecule has 2 amide bonds. The Labute approximate surface area is 116 Å². The minimum atomic E-state index is -0.608. The average molecular weight is 279 g/mol. The first kappa shape index (κ1) is 14.1. The van der Waals surface area contributed by atoms with Crippen molar-refractivity contribution in [3.05, 3.63) is 22.6 Å². The maximum absolute atomic E-state index is 11.3. The van der Waals surface area contributed by atoms with E-state index < -0.39 is 12.0 Å². The molecule has 0 atom stereocenters. The van der Waals surface area contributed by atoms with Gasteiger partial charge in [-0.2, -0.15) is 5.10 Å².